The number of nitrogens with one attached hydrogen (secondary N) is 1. The first-order valence-corrected chi connectivity index (χ1v) is 6.91. The van der Waals surface area contributed by atoms with Gasteiger partial charge in [-0.15, -0.1) is 0 Å². The van der Waals surface area contributed by atoms with Crippen LogP contribution in [0.2, 0.25) is 0 Å². The predicted molar refractivity (Wildman–Crippen MR) is 84.7 cm³/mol. The molecule has 0 amide bonds. The average molecular weight is 262 g/mol. The van der Waals surface area contributed by atoms with E-state index in [1.807, 2.05) is 19.3 Å². The summed E-state index contributed by atoms with van der Waals surface area (Å²) >= 11 is 0. The third-order valence-electron chi connectivity index (χ3n) is 3.78. The Kier molecular flexibility index (Phi) is 3.48. The average Bonchev–Trinajstić information content (AvgIpc) is 2.53. The van der Waals surface area contributed by atoms with Crippen LogP contribution >= 0.6 is 0 Å². The third-order valence-corrected chi connectivity index (χ3v) is 3.78. The molecule has 0 aliphatic carbocycles. The molecule has 0 aliphatic rings. The van der Waals surface area contributed by atoms with Gasteiger partial charge in [0.1, 0.15) is 0 Å². The van der Waals surface area contributed by atoms with Gasteiger partial charge < -0.3 is 5.32 Å². The van der Waals surface area contributed by atoms with Crippen molar-refractivity contribution in [3.05, 3.63) is 66.4 Å². The van der Waals surface area contributed by atoms with Gasteiger partial charge in [0.2, 0.25) is 0 Å². The van der Waals surface area contributed by atoms with Crippen molar-refractivity contribution in [1.82, 2.24) is 10.3 Å². The molecule has 2 heteroatoms. The maximum absolute atomic E-state index is 4.43. The topological polar surface area (TPSA) is 24.9 Å². The van der Waals surface area contributed by atoms with Crippen LogP contribution in [0.5, 0.6) is 0 Å². The first-order valence-electron chi connectivity index (χ1n) is 6.91. The Hall–Kier alpha value is -2.19. The lowest BCUT2D eigenvalue weighted by molar-refractivity contribution is 0.652. The second-order valence-corrected chi connectivity index (χ2v) is 5.01. The second kappa shape index (κ2) is 5.43. The van der Waals surface area contributed by atoms with Crippen molar-refractivity contribution in [2.75, 3.05) is 7.05 Å². The van der Waals surface area contributed by atoms with E-state index < -0.39 is 0 Å². The van der Waals surface area contributed by atoms with E-state index in [1.165, 1.54) is 22.1 Å². The summed E-state index contributed by atoms with van der Waals surface area (Å²) in [6.07, 6.45) is 1.84. The quantitative estimate of drug-likeness (QED) is 0.766. The molecule has 3 aromatic rings. The number of fused-ring (bicyclic) bond motifs is 1. The van der Waals surface area contributed by atoms with Gasteiger partial charge in [0.25, 0.3) is 0 Å². The minimum Gasteiger partial charge on any atom is -0.313 e. The largest absolute Gasteiger partial charge is 0.313 e. The molecule has 1 N–H and O–H groups in total. The first-order chi connectivity index (χ1) is 9.79. The second-order valence-electron chi connectivity index (χ2n) is 5.01. The summed E-state index contributed by atoms with van der Waals surface area (Å²) < 4.78 is 0. The van der Waals surface area contributed by atoms with Crippen molar-refractivity contribution in [1.29, 1.82) is 0 Å². The SMILES string of the molecule is CNC(C)c1cccc(-c2cccc3ncccc23)c1. The minimum absolute atomic E-state index is 0.350. The van der Waals surface area contributed by atoms with Gasteiger partial charge >= 0.3 is 0 Å². The highest BCUT2D eigenvalue weighted by molar-refractivity contribution is 5.94. The molecule has 0 saturated heterocycles. The van der Waals surface area contributed by atoms with Gasteiger partial charge in [-0.2, -0.15) is 0 Å². The fourth-order valence-electron chi connectivity index (χ4n) is 2.50. The molecule has 0 fully saturated rings. The predicted octanol–water partition coefficient (Wildman–Crippen LogP) is 4.18. The lowest BCUT2D eigenvalue weighted by Crippen LogP contribution is -2.12. The van der Waals surface area contributed by atoms with Crippen molar-refractivity contribution in [3.8, 4) is 11.1 Å². The molecule has 1 atom stereocenters. The van der Waals surface area contributed by atoms with Crippen LogP contribution in [0.3, 0.4) is 0 Å². The molecule has 1 aromatic heterocycles. The summed E-state index contributed by atoms with van der Waals surface area (Å²) in [6, 6.07) is 19.4. The highest BCUT2D eigenvalue weighted by Gasteiger charge is 2.07. The van der Waals surface area contributed by atoms with Gasteiger partial charge in [-0.05, 0) is 48.9 Å². The third kappa shape index (κ3) is 2.30. The standard InChI is InChI=1S/C18H18N2/c1-13(19-2)14-6-3-7-15(12-14)16-8-4-10-18-17(16)9-5-11-20-18/h3-13,19H,1-2H3. The van der Waals surface area contributed by atoms with Gasteiger partial charge in [0, 0.05) is 17.6 Å². The van der Waals surface area contributed by atoms with Crippen LogP contribution in [0.1, 0.15) is 18.5 Å². The van der Waals surface area contributed by atoms with E-state index in [0.29, 0.717) is 6.04 Å². The lowest BCUT2D eigenvalue weighted by Gasteiger charge is -2.13. The normalized spacial score (nSPS) is 12.5. The van der Waals surface area contributed by atoms with Crippen molar-refractivity contribution >= 4 is 10.9 Å². The number of nitrogens with zero attached hydrogens (tertiary/aromatic N) is 1. The molecule has 0 bridgehead atoms. The molecule has 0 radical (unpaired) electrons. The Morgan fingerprint density at radius 3 is 2.70 bits per heavy atom. The smallest absolute Gasteiger partial charge is 0.0708 e. The van der Waals surface area contributed by atoms with Crippen LogP contribution in [-0.4, -0.2) is 12.0 Å². The van der Waals surface area contributed by atoms with E-state index in [-0.39, 0.29) is 0 Å². The molecule has 0 spiro atoms. The Balaban J connectivity index is 2.16. The zero-order valence-electron chi connectivity index (χ0n) is 11.8. The molecule has 3 rings (SSSR count). The van der Waals surface area contributed by atoms with Gasteiger partial charge in [-0.3, -0.25) is 4.98 Å². The van der Waals surface area contributed by atoms with Crippen molar-refractivity contribution in [2.24, 2.45) is 0 Å². The van der Waals surface area contributed by atoms with Crippen LogP contribution in [-0.2, 0) is 0 Å². The summed E-state index contributed by atoms with van der Waals surface area (Å²) in [6.45, 7) is 2.17. The number of benzene rings is 2. The Labute approximate surface area is 119 Å². The zero-order valence-corrected chi connectivity index (χ0v) is 11.8. The van der Waals surface area contributed by atoms with Crippen LogP contribution in [0.15, 0.2) is 60.8 Å². The van der Waals surface area contributed by atoms with Gasteiger partial charge in [0.05, 0.1) is 5.52 Å². The van der Waals surface area contributed by atoms with Crippen LogP contribution < -0.4 is 5.32 Å². The van der Waals surface area contributed by atoms with E-state index in [9.17, 15) is 0 Å². The molecule has 2 nitrogen and oxygen atoms in total. The van der Waals surface area contributed by atoms with Crippen molar-refractivity contribution in [2.45, 2.75) is 13.0 Å². The maximum atomic E-state index is 4.43. The van der Waals surface area contributed by atoms with Gasteiger partial charge in [-0.1, -0.05) is 36.4 Å². The number of hydrogen-bond donors (Lipinski definition) is 1. The summed E-state index contributed by atoms with van der Waals surface area (Å²) in [4.78, 5) is 4.43. The fourth-order valence-corrected chi connectivity index (χ4v) is 2.50. The maximum Gasteiger partial charge on any atom is 0.0708 e. The Bertz CT molecular complexity index is 729. The molecule has 100 valence electrons. The molecule has 0 aliphatic heterocycles. The lowest BCUT2D eigenvalue weighted by atomic mass is 9.97. The fraction of sp³-hybridized carbons (Fsp3) is 0.167. The van der Waals surface area contributed by atoms with E-state index in [4.69, 9.17) is 0 Å². The van der Waals surface area contributed by atoms with E-state index in [2.05, 4.69) is 65.8 Å². The molecule has 1 unspecified atom stereocenters. The summed E-state index contributed by atoms with van der Waals surface area (Å²) in [5, 5.41) is 4.48. The Morgan fingerprint density at radius 1 is 1.00 bits per heavy atom. The summed E-state index contributed by atoms with van der Waals surface area (Å²) in [5.74, 6) is 0. The molecule has 2 aromatic carbocycles. The van der Waals surface area contributed by atoms with Gasteiger partial charge in [0.15, 0.2) is 0 Å². The van der Waals surface area contributed by atoms with E-state index >= 15 is 0 Å². The molecular weight excluding hydrogens is 244 g/mol. The number of pyridine rings is 1. The number of aromatic nitrogens is 1. The highest BCUT2D eigenvalue weighted by atomic mass is 14.8. The number of rotatable bonds is 3. The summed E-state index contributed by atoms with van der Waals surface area (Å²) in [5.41, 5.74) is 4.81. The van der Waals surface area contributed by atoms with E-state index in [0.717, 1.165) is 5.52 Å². The van der Waals surface area contributed by atoms with Crippen LogP contribution in [0.25, 0.3) is 22.0 Å². The number of hydrogen-bond acceptors (Lipinski definition) is 2. The van der Waals surface area contributed by atoms with Crippen molar-refractivity contribution < 1.29 is 0 Å². The van der Waals surface area contributed by atoms with Crippen LogP contribution in [0.4, 0.5) is 0 Å². The van der Waals surface area contributed by atoms with Crippen LogP contribution in [0, 0.1) is 0 Å². The molecule has 20 heavy (non-hydrogen) atoms. The molecule has 0 saturated carbocycles. The first kappa shape index (κ1) is 12.8. The molecular formula is C18H18N2. The zero-order chi connectivity index (χ0) is 13.9. The summed E-state index contributed by atoms with van der Waals surface area (Å²) in [7, 11) is 1.99. The van der Waals surface area contributed by atoms with E-state index in [1.54, 1.807) is 0 Å². The highest BCUT2D eigenvalue weighted by Crippen LogP contribution is 2.29. The van der Waals surface area contributed by atoms with Gasteiger partial charge in [-0.25, -0.2) is 0 Å². The van der Waals surface area contributed by atoms with Crippen molar-refractivity contribution in [3.63, 3.8) is 0 Å². The molecule has 1 heterocycles. The monoisotopic (exact) mass is 262 g/mol. The minimum atomic E-state index is 0.350. The Morgan fingerprint density at radius 2 is 1.85 bits per heavy atom.